The number of nitrogens with two attached hydrogens (primary N) is 1. The molecule has 0 aliphatic rings. The summed E-state index contributed by atoms with van der Waals surface area (Å²) >= 11 is 15.4. The predicted octanol–water partition coefficient (Wildman–Crippen LogP) is 5.85. The van der Waals surface area contributed by atoms with Crippen molar-refractivity contribution in [1.82, 2.24) is 0 Å². The van der Waals surface area contributed by atoms with E-state index in [0.717, 1.165) is 4.47 Å². The van der Waals surface area contributed by atoms with E-state index >= 15 is 0 Å². The van der Waals surface area contributed by atoms with Crippen LogP contribution in [0.25, 0.3) is 11.3 Å². The number of furan rings is 1. The van der Waals surface area contributed by atoms with Crippen LogP contribution < -0.4 is 11.1 Å². The quantitative estimate of drug-likeness (QED) is 0.517. The third-order valence-corrected chi connectivity index (χ3v) is 4.43. The summed E-state index contributed by atoms with van der Waals surface area (Å²) in [6.07, 6.45) is 0. The number of nitrogen functional groups attached to an aromatic ring is 1. The van der Waals surface area contributed by atoms with Gasteiger partial charge in [-0.2, -0.15) is 0 Å². The second-order valence-corrected chi connectivity index (χ2v) is 6.71. The highest BCUT2D eigenvalue weighted by Gasteiger charge is 2.14. The summed E-state index contributed by atoms with van der Waals surface area (Å²) in [5.74, 6) is 0.280. The number of rotatable bonds is 3. The smallest absolute Gasteiger partial charge is 0.291 e. The fourth-order valence-electron chi connectivity index (χ4n) is 2.11. The molecule has 1 amide bonds. The first-order valence-electron chi connectivity index (χ1n) is 6.85. The predicted molar refractivity (Wildman–Crippen MR) is 101 cm³/mol. The van der Waals surface area contributed by atoms with Gasteiger partial charge >= 0.3 is 0 Å². The van der Waals surface area contributed by atoms with Crippen molar-refractivity contribution in [3.8, 4) is 11.3 Å². The number of carbonyl (C=O) groups excluding carboxylic acids is 1. The minimum Gasteiger partial charge on any atom is -0.451 e. The van der Waals surface area contributed by atoms with Gasteiger partial charge in [0.1, 0.15) is 5.76 Å². The van der Waals surface area contributed by atoms with Crippen molar-refractivity contribution >= 4 is 56.4 Å². The van der Waals surface area contributed by atoms with Gasteiger partial charge in [-0.3, -0.25) is 4.79 Å². The summed E-state index contributed by atoms with van der Waals surface area (Å²) in [6, 6.07) is 13.5. The molecule has 0 radical (unpaired) electrons. The topological polar surface area (TPSA) is 68.3 Å². The van der Waals surface area contributed by atoms with E-state index < -0.39 is 5.91 Å². The van der Waals surface area contributed by atoms with Gasteiger partial charge in [-0.05, 0) is 48.5 Å². The molecule has 4 nitrogen and oxygen atoms in total. The lowest BCUT2D eigenvalue weighted by atomic mass is 10.2. The van der Waals surface area contributed by atoms with E-state index in [1.54, 1.807) is 36.4 Å². The molecule has 0 unspecified atom stereocenters. The van der Waals surface area contributed by atoms with E-state index in [1.807, 2.05) is 12.1 Å². The lowest BCUT2D eigenvalue weighted by Crippen LogP contribution is -2.11. The van der Waals surface area contributed by atoms with Crippen LogP contribution in [0, 0.1) is 0 Å². The molecule has 1 aromatic heterocycles. The molecule has 0 aliphatic heterocycles. The van der Waals surface area contributed by atoms with Crippen LogP contribution in [-0.2, 0) is 0 Å². The first-order chi connectivity index (χ1) is 11.4. The zero-order chi connectivity index (χ0) is 17.3. The molecule has 0 saturated carbocycles. The Hall–Kier alpha value is -1.95. The van der Waals surface area contributed by atoms with E-state index in [9.17, 15) is 4.79 Å². The summed E-state index contributed by atoms with van der Waals surface area (Å²) in [5.41, 5.74) is 7.34. The van der Waals surface area contributed by atoms with Crippen LogP contribution in [0.4, 0.5) is 11.4 Å². The standard InChI is InChI=1S/C17H11BrCl2N2O2/c18-9-1-3-11(13(20)7-9)15-5-6-16(24-15)17(23)22-10-2-4-12(19)14(21)8-10/h1-8H,21H2,(H,22,23). The van der Waals surface area contributed by atoms with Crippen molar-refractivity contribution in [1.29, 1.82) is 0 Å². The zero-order valence-corrected chi connectivity index (χ0v) is 15.2. The maximum atomic E-state index is 12.3. The highest BCUT2D eigenvalue weighted by Crippen LogP contribution is 2.32. The molecular weight excluding hydrogens is 415 g/mol. The molecule has 0 saturated heterocycles. The first-order valence-corrected chi connectivity index (χ1v) is 8.40. The van der Waals surface area contributed by atoms with E-state index in [2.05, 4.69) is 21.2 Å². The first kappa shape index (κ1) is 16.9. The van der Waals surface area contributed by atoms with Crippen LogP contribution in [0.2, 0.25) is 10.0 Å². The lowest BCUT2D eigenvalue weighted by Gasteiger charge is -2.05. The number of amides is 1. The number of carbonyl (C=O) groups is 1. The Kier molecular flexibility index (Phi) is 4.85. The van der Waals surface area contributed by atoms with Gasteiger partial charge in [0.25, 0.3) is 5.91 Å². The molecule has 0 aliphatic carbocycles. The molecule has 7 heteroatoms. The van der Waals surface area contributed by atoms with Gasteiger partial charge in [0.05, 0.1) is 15.7 Å². The zero-order valence-electron chi connectivity index (χ0n) is 12.1. The van der Waals surface area contributed by atoms with E-state index in [0.29, 0.717) is 32.7 Å². The van der Waals surface area contributed by atoms with Gasteiger partial charge in [0.15, 0.2) is 5.76 Å². The summed E-state index contributed by atoms with van der Waals surface area (Å²) in [7, 11) is 0. The molecule has 122 valence electrons. The summed E-state index contributed by atoms with van der Waals surface area (Å²) < 4.78 is 6.47. The van der Waals surface area contributed by atoms with Crippen LogP contribution in [0.5, 0.6) is 0 Å². The van der Waals surface area contributed by atoms with Crippen LogP contribution in [0.15, 0.2) is 57.4 Å². The Morgan fingerprint density at radius 2 is 1.83 bits per heavy atom. The Balaban J connectivity index is 1.82. The fourth-order valence-corrected chi connectivity index (χ4v) is 2.99. The molecule has 0 fully saturated rings. The van der Waals surface area contributed by atoms with Gasteiger partial charge in [-0.25, -0.2) is 0 Å². The average Bonchev–Trinajstić information content (AvgIpc) is 3.01. The monoisotopic (exact) mass is 424 g/mol. The fraction of sp³-hybridized carbons (Fsp3) is 0. The molecule has 0 spiro atoms. The highest BCUT2D eigenvalue weighted by molar-refractivity contribution is 9.10. The number of hydrogen-bond acceptors (Lipinski definition) is 3. The molecule has 24 heavy (non-hydrogen) atoms. The Morgan fingerprint density at radius 3 is 2.54 bits per heavy atom. The number of benzene rings is 2. The number of hydrogen-bond donors (Lipinski definition) is 2. The minimum atomic E-state index is -0.392. The summed E-state index contributed by atoms with van der Waals surface area (Å²) in [6.45, 7) is 0. The van der Waals surface area contributed by atoms with Crippen molar-refractivity contribution in [2.75, 3.05) is 11.1 Å². The molecule has 0 atom stereocenters. The van der Waals surface area contributed by atoms with Crippen molar-refractivity contribution in [2.45, 2.75) is 0 Å². The molecule has 3 N–H and O–H groups in total. The molecule has 1 heterocycles. The Bertz CT molecular complexity index is 925. The summed E-state index contributed by atoms with van der Waals surface area (Å²) in [4.78, 5) is 12.3. The lowest BCUT2D eigenvalue weighted by molar-refractivity contribution is 0.0997. The number of halogens is 3. The van der Waals surface area contributed by atoms with Gasteiger partial charge < -0.3 is 15.5 Å². The van der Waals surface area contributed by atoms with E-state index in [4.69, 9.17) is 33.4 Å². The molecule has 0 bridgehead atoms. The number of nitrogens with one attached hydrogen (secondary N) is 1. The van der Waals surface area contributed by atoms with Crippen LogP contribution in [0.3, 0.4) is 0 Å². The van der Waals surface area contributed by atoms with Crippen LogP contribution >= 0.6 is 39.1 Å². The van der Waals surface area contributed by atoms with Crippen LogP contribution in [-0.4, -0.2) is 5.91 Å². The van der Waals surface area contributed by atoms with Crippen LogP contribution in [0.1, 0.15) is 10.6 Å². The van der Waals surface area contributed by atoms with E-state index in [-0.39, 0.29) is 5.76 Å². The highest BCUT2D eigenvalue weighted by atomic mass is 79.9. The maximum Gasteiger partial charge on any atom is 0.291 e. The van der Waals surface area contributed by atoms with Crippen molar-refractivity contribution in [3.05, 3.63) is 68.8 Å². The van der Waals surface area contributed by atoms with E-state index in [1.165, 1.54) is 0 Å². The van der Waals surface area contributed by atoms with Crippen molar-refractivity contribution in [3.63, 3.8) is 0 Å². The number of anilines is 2. The van der Waals surface area contributed by atoms with Gasteiger partial charge in [0, 0.05) is 15.7 Å². The largest absolute Gasteiger partial charge is 0.451 e. The SMILES string of the molecule is Nc1cc(NC(=O)c2ccc(-c3ccc(Br)cc3Cl)o2)ccc1Cl. The maximum absolute atomic E-state index is 12.3. The van der Waals surface area contributed by atoms with Gasteiger partial charge in [-0.15, -0.1) is 0 Å². The Labute approximate surface area is 156 Å². The van der Waals surface area contributed by atoms with Crippen molar-refractivity contribution in [2.24, 2.45) is 0 Å². The molecule has 2 aromatic carbocycles. The Morgan fingerprint density at radius 1 is 1.04 bits per heavy atom. The third kappa shape index (κ3) is 3.59. The second kappa shape index (κ2) is 6.89. The molecular formula is C17H11BrCl2N2O2. The summed E-state index contributed by atoms with van der Waals surface area (Å²) in [5, 5.41) is 3.66. The average molecular weight is 426 g/mol. The third-order valence-electron chi connectivity index (χ3n) is 3.28. The minimum absolute atomic E-state index is 0.164. The normalized spacial score (nSPS) is 10.6. The molecule has 3 rings (SSSR count). The van der Waals surface area contributed by atoms with Gasteiger partial charge in [0.2, 0.25) is 0 Å². The molecule has 3 aromatic rings. The van der Waals surface area contributed by atoms with Crippen molar-refractivity contribution < 1.29 is 9.21 Å². The van der Waals surface area contributed by atoms with Gasteiger partial charge in [-0.1, -0.05) is 39.1 Å². The second-order valence-electron chi connectivity index (χ2n) is 4.98.